The summed E-state index contributed by atoms with van der Waals surface area (Å²) in [6, 6.07) is 8.30. The lowest BCUT2D eigenvalue weighted by Crippen LogP contribution is -2.44. The topological polar surface area (TPSA) is 47.6 Å². The minimum absolute atomic E-state index is 0.0228. The summed E-state index contributed by atoms with van der Waals surface area (Å²) in [5.41, 5.74) is 1.25. The molecule has 1 aliphatic carbocycles. The summed E-state index contributed by atoms with van der Waals surface area (Å²) in [5, 5.41) is 3.23. The van der Waals surface area contributed by atoms with Crippen LogP contribution in [0.5, 0.6) is 5.75 Å². The number of benzene rings is 1. The van der Waals surface area contributed by atoms with Crippen LogP contribution in [0.2, 0.25) is 0 Å². The molecule has 1 amide bonds. The van der Waals surface area contributed by atoms with Crippen molar-refractivity contribution in [3.8, 4) is 5.75 Å². The Bertz CT molecular complexity index is 557. The first kappa shape index (κ1) is 19.2. The molecular weight excluding hydrogens is 326 g/mol. The van der Waals surface area contributed by atoms with E-state index >= 15 is 0 Å². The molecule has 1 N–H and O–H groups in total. The third kappa shape index (κ3) is 5.00. The molecule has 0 aromatic heterocycles. The summed E-state index contributed by atoms with van der Waals surface area (Å²) in [5.74, 6) is 1.83. The Balaban J connectivity index is 1.56. The lowest BCUT2D eigenvalue weighted by atomic mass is 9.74. The van der Waals surface area contributed by atoms with Crippen molar-refractivity contribution >= 4 is 5.91 Å². The number of amides is 1. The molecule has 2 fully saturated rings. The zero-order valence-corrected chi connectivity index (χ0v) is 16.1. The van der Waals surface area contributed by atoms with Gasteiger partial charge in [-0.05, 0) is 42.9 Å². The molecule has 0 spiro atoms. The third-order valence-electron chi connectivity index (χ3n) is 6.28. The van der Waals surface area contributed by atoms with E-state index in [1.54, 1.807) is 7.11 Å². The Hall–Kier alpha value is -1.55. The Labute approximate surface area is 157 Å². The van der Waals surface area contributed by atoms with Crippen molar-refractivity contribution in [3.05, 3.63) is 29.8 Å². The number of ether oxygens (including phenoxy) is 2. The van der Waals surface area contributed by atoms with Gasteiger partial charge in [-0.15, -0.1) is 0 Å². The second kappa shape index (κ2) is 9.40. The number of carbonyl (C=O) groups is 1. The van der Waals surface area contributed by atoms with Crippen molar-refractivity contribution in [1.82, 2.24) is 5.32 Å². The molecule has 1 saturated carbocycles. The van der Waals surface area contributed by atoms with Gasteiger partial charge in [-0.3, -0.25) is 4.79 Å². The fraction of sp³-hybridized carbons (Fsp3) is 0.682. The third-order valence-corrected chi connectivity index (χ3v) is 6.28. The molecule has 1 aromatic rings. The minimum atomic E-state index is -0.0228. The molecule has 0 atom stereocenters. The van der Waals surface area contributed by atoms with Crippen LogP contribution in [0, 0.1) is 5.92 Å². The van der Waals surface area contributed by atoms with E-state index in [2.05, 4.69) is 17.4 Å². The fourth-order valence-electron chi connectivity index (χ4n) is 4.44. The summed E-state index contributed by atoms with van der Waals surface area (Å²) in [4.78, 5) is 12.4. The predicted octanol–water partition coefficient (Wildman–Crippen LogP) is 4.22. The SMILES string of the molecule is COc1ccc(C2(CNC(=O)CCC3CCCCC3)CCOCC2)cc1. The highest BCUT2D eigenvalue weighted by molar-refractivity contribution is 5.76. The molecule has 0 bridgehead atoms. The van der Waals surface area contributed by atoms with Crippen molar-refractivity contribution in [1.29, 1.82) is 0 Å². The maximum Gasteiger partial charge on any atom is 0.220 e. The summed E-state index contributed by atoms with van der Waals surface area (Å²) in [6.45, 7) is 2.21. The largest absolute Gasteiger partial charge is 0.497 e. The van der Waals surface area contributed by atoms with Crippen molar-refractivity contribution < 1.29 is 14.3 Å². The molecular formula is C22H33NO3. The highest BCUT2D eigenvalue weighted by atomic mass is 16.5. The molecule has 0 radical (unpaired) electrons. The molecule has 144 valence electrons. The van der Waals surface area contributed by atoms with Gasteiger partial charge in [-0.1, -0.05) is 44.2 Å². The Kier molecular flexibility index (Phi) is 6.95. The van der Waals surface area contributed by atoms with Crippen LogP contribution in [0.3, 0.4) is 0 Å². The number of rotatable bonds is 7. The molecule has 26 heavy (non-hydrogen) atoms. The van der Waals surface area contributed by atoms with E-state index in [0.717, 1.165) is 44.1 Å². The first-order valence-electron chi connectivity index (χ1n) is 10.2. The highest BCUT2D eigenvalue weighted by Crippen LogP contribution is 2.35. The van der Waals surface area contributed by atoms with Gasteiger partial charge in [0.15, 0.2) is 0 Å². The van der Waals surface area contributed by atoms with Gasteiger partial charge in [0.05, 0.1) is 7.11 Å². The average molecular weight is 360 g/mol. The quantitative estimate of drug-likeness (QED) is 0.793. The van der Waals surface area contributed by atoms with E-state index < -0.39 is 0 Å². The Morgan fingerprint density at radius 3 is 2.50 bits per heavy atom. The van der Waals surface area contributed by atoms with Crippen LogP contribution < -0.4 is 10.1 Å². The molecule has 1 saturated heterocycles. The Morgan fingerprint density at radius 2 is 1.85 bits per heavy atom. The smallest absolute Gasteiger partial charge is 0.220 e. The van der Waals surface area contributed by atoms with Crippen LogP contribution >= 0.6 is 0 Å². The zero-order valence-electron chi connectivity index (χ0n) is 16.1. The van der Waals surface area contributed by atoms with Crippen molar-refractivity contribution in [2.75, 3.05) is 26.9 Å². The molecule has 2 aliphatic rings. The van der Waals surface area contributed by atoms with Crippen LogP contribution in [0.4, 0.5) is 0 Å². The molecule has 1 aromatic carbocycles. The zero-order chi connectivity index (χ0) is 18.2. The van der Waals surface area contributed by atoms with Crippen LogP contribution in [-0.4, -0.2) is 32.8 Å². The standard InChI is InChI=1S/C22H33NO3/c1-25-20-10-8-19(9-11-20)22(13-15-26-16-14-22)17-23-21(24)12-7-18-5-3-2-4-6-18/h8-11,18H,2-7,12-17H2,1H3,(H,23,24). The van der Waals surface area contributed by atoms with E-state index in [4.69, 9.17) is 9.47 Å². The van der Waals surface area contributed by atoms with E-state index in [-0.39, 0.29) is 11.3 Å². The molecule has 3 rings (SSSR count). The van der Waals surface area contributed by atoms with Crippen molar-refractivity contribution in [2.45, 2.75) is 63.2 Å². The molecule has 4 heteroatoms. The van der Waals surface area contributed by atoms with Gasteiger partial charge < -0.3 is 14.8 Å². The second-order valence-corrected chi connectivity index (χ2v) is 7.94. The van der Waals surface area contributed by atoms with Crippen molar-refractivity contribution in [2.24, 2.45) is 5.92 Å². The molecule has 0 unspecified atom stereocenters. The van der Waals surface area contributed by atoms with Crippen LogP contribution in [0.25, 0.3) is 0 Å². The second-order valence-electron chi connectivity index (χ2n) is 7.94. The van der Waals surface area contributed by atoms with E-state index in [9.17, 15) is 4.79 Å². The van der Waals surface area contributed by atoms with E-state index in [1.807, 2.05) is 12.1 Å². The molecule has 1 aliphatic heterocycles. The minimum Gasteiger partial charge on any atom is -0.497 e. The number of carbonyl (C=O) groups excluding carboxylic acids is 1. The number of hydrogen-bond acceptors (Lipinski definition) is 3. The monoisotopic (exact) mass is 359 g/mol. The maximum absolute atomic E-state index is 12.4. The van der Waals surface area contributed by atoms with E-state index in [1.165, 1.54) is 37.7 Å². The highest BCUT2D eigenvalue weighted by Gasteiger charge is 2.34. The van der Waals surface area contributed by atoms with Crippen LogP contribution in [-0.2, 0) is 14.9 Å². The van der Waals surface area contributed by atoms with Gasteiger partial charge in [0.25, 0.3) is 0 Å². The van der Waals surface area contributed by atoms with Crippen LogP contribution in [0.15, 0.2) is 24.3 Å². The number of hydrogen-bond donors (Lipinski definition) is 1. The van der Waals surface area contributed by atoms with Crippen molar-refractivity contribution in [3.63, 3.8) is 0 Å². The van der Waals surface area contributed by atoms with Gasteiger partial charge in [-0.25, -0.2) is 0 Å². The summed E-state index contributed by atoms with van der Waals surface area (Å²) >= 11 is 0. The normalized spacial score (nSPS) is 20.5. The summed E-state index contributed by atoms with van der Waals surface area (Å²) < 4.78 is 10.9. The van der Waals surface area contributed by atoms with E-state index in [0.29, 0.717) is 13.0 Å². The maximum atomic E-state index is 12.4. The first-order valence-corrected chi connectivity index (χ1v) is 10.2. The first-order chi connectivity index (χ1) is 12.7. The van der Waals surface area contributed by atoms with Gasteiger partial charge in [0, 0.05) is 31.6 Å². The lowest BCUT2D eigenvalue weighted by molar-refractivity contribution is -0.122. The fourth-order valence-corrected chi connectivity index (χ4v) is 4.44. The Morgan fingerprint density at radius 1 is 1.15 bits per heavy atom. The van der Waals surface area contributed by atoms with Gasteiger partial charge in [0.2, 0.25) is 5.91 Å². The average Bonchev–Trinajstić information content (AvgIpc) is 2.72. The summed E-state index contributed by atoms with van der Waals surface area (Å²) in [6.07, 6.45) is 10.3. The summed E-state index contributed by atoms with van der Waals surface area (Å²) in [7, 11) is 1.69. The van der Waals surface area contributed by atoms with Gasteiger partial charge in [-0.2, -0.15) is 0 Å². The molecule has 4 nitrogen and oxygen atoms in total. The molecule has 1 heterocycles. The van der Waals surface area contributed by atoms with Gasteiger partial charge in [0.1, 0.15) is 5.75 Å². The van der Waals surface area contributed by atoms with Crippen LogP contribution in [0.1, 0.15) is 63.4 Å². The number of methoxy groups -OCH3 is 1. The number of nitrogens with one attached hydrogen (secondary N) is 1. The lowest BCUT2D eigenvalue weighted by Gasteiger charge is -2.38. The predicted molar refractivity (Wildman–Crippen MR) is 104 cm³/mol. The van der Waals surface area contributed by atoms with Gasteiger partial charge >= 0.3 is 0 Å².